The van der Waals surface area contributed by atoms with Crippen LogP contribution < -0.4 is 9.47 Å². The van der Waals surface area contributed by atoms with E-state index in [1.807, 2.05) is 19.1 Å². The molecule has 0 aliphatic carbocycles. The smallest absolute Gasteiger partial charge is 0.133 e. The largest absolute Gasteiger partial charge is 0.494 e. The normalized spacial score (nSPS) is 12.0. The van der Waals surface area contributed by atoms with Gasteiger partial charge in [0, 0.05) is 11.6 Å². The lowest BCUT2D eigenvalue weighted by atomic mass is 10.1. The van der Waals surface area contributed by atoms with Crippen molar-refractivity contribution >= 4 is 0 Å². The topological polar surface area (TPSA) is 38.7 Å². The zero-order chi connectivity index (χ0) is 15.4. The van der Waals surface area contributed by atoms with Crippen molar-refractivity contribution in [1.82, 2.24) is 0 Å². The number of aryl methyl sites for hydroxylation is 1. The zero-order valence-corrected chi connectivity index (χ0v) is 12.4. The van der Waals surface area contributed by atoms with E-state index < -0.39 is 6.10 Å². The molecule has 0 unspecified atom stereocenters. The molecule has 0 fully saturated rings. The first-order valence-electron chi connectivity index (χ1n) is 6.90. The molecule has 21 heavy (non-hydrogen) atoms. The fourth-order valence-electron chi connectivity index (χ4n) is 2.01. The molecular weight excluding hydrogens is 271 g/mol. The number of hydrogen-bond donors (Lipinski definition) is 1. The van der Waals surface area contributed by atoms with E-state index in [0.717, 1.165) is 0 Å². The van der Waals surface area contributed by atoms with Crippen LogP contribution in [0.1, 0.15) is 31.1 Å². The molecule has 0 radical (unpaired) electrons. The summed E-state index contributed by atoms with van der Waals surface area (Å²) < 4.78 is 24.8. The Balaban J connectivity index is 2.34. The number of aliphatic hydroxyl groups excluding tert-OH is 1. The molecule has 1 atom stereocenters. The second-order valence-electron chi connectivity index (χ2n) is 4.83. The van der Waals surface area contributed by atoms with Crippen molar-refractivity contribution in [2.45, 2.75) is 26.9 Å². The minimum atomic E-state index is -0.815. The van der Waals surface area contributed by atoms with Gasteiger partial charge in [-0.3, -0.25) is 0 Å². The molecule has 0 aromatic heterocycles. The van der Waals surface area contributed by atoms with Crippen LogP contribution in [-0.2, 0) is 0 Å². The molecule has 0 heterocycles. The minimum Gasteiger partial charge on any atom is -0.494 e. The second kappa shape index (κ2) is 6.59. The molecule has 1 N–H and O–H groups in total. The number of ether oxygens (including phenoxy) is 2. The Morgan fingerprint density at radius 2 is 1.90 bits per heavy atom. The number of benzene rings is 2. The zero-order valence-electron chi connectivity index (χ0n) is 12.4. The summed E-state index contributed by atoms with van der Waals surface area (Å²) in [5.41, 5.74) is 0.885. The molecule has 3 nitrogen and oxygen atoms in total. The third kappa shape index (κ3) is 3.73. The van der Waals surface area contributed by atoms with Gasteiger partial charge in [0.15, 0.2) is 0 Å². The first-order chi connectivity index (χ1) is 10.0. The number of rotatable bonds is 5. The molecular formula is C17H19FO3. The van der Waals surface area contributed by atoms with Gasteiger partial charge in [-0.1, -0.05) is 6.07 Å². The van der Waals surface area contributed by atoms with Gasteiger partial charge in [-0.2, -0.15) is 0 Å². The fourth-order valence-corrected chi connectivity index (χ4v) is 2.01. The van der Waals surface area contributed by atoms with Gasteiger partial charge >= 0.3 is 0 Å². The Hall–Kier alpha value is -2.07. The third-order valence-corrected chi connectivity index (χ3v) is 3.09. The molecule has 112 valence electrons. The van der Waals surface area contributed by atoms with E-state index in [1.165, 1.54) is 6.07 Å². The highest BCUT2D eigenvalue weighted by molar-refractivity contribution is 5.43. The maximum atomic E-state index is 13.6. The lowest BCUT2D eigenvalue weighted by molar-refractivity contribution is 0.195. The van der Waals surface area contributed by atoms with Crippen molar-refractivity contribution < 1.29 is 19.0 Å². The summed E-state index contributed by atoms with van der Waals surface area (Å²) >= 11 is 0. The Labute approximate surface area is 124 Å². The Bertz CT molecular complexity index is 623. The van der Waals surface area contributed by atoms with E-state index in [4.69, 9.17) is 9.47 Å². The standard InChI is InChI=1S/C17H19FO3/c1-4-20-13-6-5-7-14(9-13)21-17-8-11(2)16(18)10-15(17)12(3)19/h5-10,12,19H,4H2,1-3H3/t12-/m0/s1. The molecule has 0 bridgehead atoms. The predicted octanol–water partition coefficient (Wildman–Crippen LogP) is 4.38. The Morgan fingerprint density at radius 3 is 2.57 bits per heavy atom. The van der Waals surface area contributed by atoms with Crippen LogP contribution in [0.2, 0.25) is 0 Å². The van der Waals surface area contributed by atoms with Crippen LogP contribution in [0.4, 0.5) is 4.39 Å². The quantitative estimate of drug-likeness (QED) is 0.888. The van der Waals surface area contributed by atoms with Crippen molar-refractivity contribution in [3.8, 4) is 17.2 Å². The summed E-state index contributed by atoms with van der Waals surface area (Å²) in [6.07, 6.45) is -0.815. The molecule has 0 saturated carbocycles. The highest BCUT2D eigenvalue weighted by Crippen LogP contribution is 2.33. The van der Waals surface area contributed by atoms with Crippen LogP contribution in [0, 0.1) is 12.7 Å². The number of aliphatic hydroxyl groups is 1. The van der Waals surface area contributed by atoms with E-state index in [1.54, 1.807) is 32.0 Å². The summed E-state index contributed by atoms with van der Waals surface area (Å²) in [4.78, 5) is 0. The van der Waals surface area contributed by atoms with Gasteiger partial charge in [-0.15, -0.1) is 0 Å². The summed E-state index contributed by atoms with van der Waals surface area (Å²) in [5, 5.41) is 9.77. The van der Waals surface area contributed by atoms with Crippen LogP contribution in [0.5, 0.6) is 17.2 Å². The van der Waals surface area contributed by atoms with E-state index >= 15 is 0 Å². The van der Waals surface area contributed by atoms with Crippen molar-refractivity contribution in [3.05, 3.63) is 53.3 Å². The third-order valence-electron chi connectivity index (χ3n) is 3.09. The highest BCUT2D eigenvalue weighted by Gasteiger charge is 2.14. The average Bonchev–Trinajstić information content (AvgIpc) is 2.43. The van der Waals surface area contributed by atoms with Crippen LogP contribution in [0.15, 0.2) is 36.4 Å². The van der Waals surface area contributed by atoms with Crippen LogP contribution >= 0.6 is 0 Å². The summed E-state index contributed by atoms with van der Waals surface area (Å²) in [6.45, 7) is 5.71. The molecule has 0 spiro atoms. The van der Waals surface area contributed by atoms with E-state index in [2.05, 4.69) is 0 Å². The molecule has 0 saturated heterocycles. The fraction of sp³-hybridized carbons (Fsp3) is 0.294. The van der Waals surface area contributed by atoms with Crippen molar-refractivity contribution in [3.63, 3.8) is 0 Å². The molecule has 0 amide bonds. The molecule has 2 rings (SSSR count). The van der Waals surface area contributed by atoms with Crippen LogP contribution in [0.3, 0.4) is 0 Å². The Morgan fingerprint density at radius 1 is 1.19 bits per heavy atom. The number of halogens is 1. The average molecular weight is 290 g/mol. The van der Waals surface area contributed by atoms with Crippen LogP contribution in [-0.4, -0.2) is 11.7 Å². The first-order valence-corrected chi connectivity index (χ1v) is 6.90. The maximum absolute atomic E-state index is 13.6. The predicted molar refractivity (Wildman–Crippen MR) is 79.5 cm³/mol. The minimum absolute atomic E-state index is 0.360. The van der Waals surface area contributed by atoms with E-state index in [-0.39, 0.29) is 5.82 Å². The molecule has 2 aromatic carbocycles. The molecule has 4 heteroatoms. The van der Waals surface area contributed by atoms with Gasteiger partial charge in [0.25, 0.3) is 0 Å². The number of hydrogen-bond acceptors (Lipinski definition) is 3. The van der Waals surface area contributed by atoms with Gasteiger partial charge < -0.3 is 14.6 Å². The van der Waals surface area contributed by atoms with Crippen molar-refractivity contribution in [2.75, 3.05) is 6.61 Å². The lowest BCUT2D eigenvalue weighted by Crippen LogP contribution is -1.99. The van der Waals surface area contributed by atoms with Gasteiger partial charge in [-0.05, 0) is 50.6 Å². The van der Waals surface area contributed by atoms with Crippen molar-refractivity contribution in [1.29, 1.82) is 0 Å². The lowest BCUT2D eigenvalue weighted by Gasteiger charge is -2.15. The van der Waals surface area contributed by atoms with Crippen molar-refractivity contribution in [2.24, 2.45) is 0 Å². The van der Waals surface area contributed by atoms with E-state index in [9.17, 15) is 9.50 Å². The molecule has 0 aliphatic rings. The van der Waals surface area contributed by atoms with Gasteiger partial charge in [0.05, 0.1) is 12.7 Å². The monoisotopic (exact) mass is 290 g/mol. The van der Waals surface area contributed by atoms with E-state index in [0.29, 0.717) is 35.0 Å². The Kier molecular flexibility index (Phi) is 4.81. The van der Waals surface area contributed by atoms with Gasteiger partial charge in [-0.25, -0.2) is 4.39 Å². The second-order valence-corrected chi connectivity index (χ2v) is 4.83. The van der Waals surface area contributed by atoms with Crippen LogP contribution in [0.25, 0.3) is 0 Å². The SMILES string of the molecule is CCOc1cccc(Oc2cc(C)c(F)cc2[C@H](C)O)c1. The summed E-state index contributed by atoms with van der Waals surface area (Å²) in [6, 6.07) is 10.1. The molecule has 2 aromatic rings. The maximum Gasteiger partial charge on any atom is 0.133 e. The van der Waals surface area contributed by atoms with Gasteiger partial charge in [0.2, 0.25) is 0 Å². The first kappa shape index (κ1) is 15.3. The molecule has 0 aliphatic heterocycles. The summed E-state index contributed by atoms with van der Waals surface area (Å²) in [7, 11) is 0. The highest BCUT2D eigenvalue weighted by atomic mass is 19.1. The van der Waals surface area contributed by atoms with Gasteiger partial charge in [0.1, 0.15) is 23.1 Å². The summed E-state index contributed by atoms with van der Waals surface area (Å²) in [5.74, 6) is 1.36.